The number of nitrogens with one attached hydrogen (secondary N) is 1. The normalized spacial score (nSPS) is 12.1. The zero-order chi connectivity index (χ0) is 16.3. The summed E-state index contributed by atoms with van der Waals surface area (Å²) in [6.07, 6.45) is 4.60. The molecule has 8 nitrogen and oxygen atoms in total. The van der Waals surface area contributed by atoms with E-state index in [1.807, 2.05) is 6.92 Å². The van der Waals surface area contributed by atoms with E-state index in [2.05, 4.69) is 15.4 Å². The molecule has 0 aliphatic rings. The molecule has 0 aliphatic heterocycles. The van der Waals surface area contributed by atoms with Gasteiger partial charge in [0.2, 0.25) is 0 Å². The summed E-state index contributed by atoms with van der Waals surface area (Å²) in [5.74, 6) is -1.63. The van der Waals surface area contributed by atoms with Crippen molar-refractivity contribution in [2.75, 3.05) is 0 Å². The van der Waals surface area contributed by atoms with Crippen molar-refractivity contribution in [3.05, 3.63) is 35.7 Å². The van der Waals surface area contributed by atoms with Crippen LogP contribution in [0, 0.1) is 0 Å². The largest absolute Gasteiger partial charge is 0.479 e. The number of aliphatic carboxylic acids is 1. The number of rotatable bonds is 6. The maximum absolute atomic E-state index is 12.3. The molecule has 1 atom stereocenters. The predicted molar refractivity (Wildman–Crippen MR) is 78.3 cm³/mol. The first-order chi connectivity index (χ1) is 10.4. The molecule has 0 aromatic carbocycles. The summed E-state index contributed by atoms with van der Waals surface area (Å²) < 4.78 is 3.02. The lowest BCUT2D eigenvalue weighted by molar-refractivity contribution is -0.139. The summed E-state index contributed by atoms with van der Waals surface area (Å²) in [5, 5.41) is 16.1. The molecular weight excluding hydrogens is 286 g/mol. The van der Waals surface area contributed by atoms with Crippen LogP contribution in [0.25, 0.3) is 0 Å². The Morgan fingerprint density at radius 1 is 1.41 bits per heavy atom. The van der Waals surface area contributed by atoms with Gasteiger partial charge in [0.15, 0.2) is 6.04 Å². The molecule has 0 saturated carbocycles. The molecule has 0 spiro atoms. The Hall–Kier alpha value is -2.64. The molecule has 2 N–H and O–H groups in total. The minimum atomic E-state index is -1.16. The third-order valence-corrected chi connectivity index (χ3v) is 3.34. The molecule has 0 radical (unpaired) electrons. The van der Waals surface area contributed by atoms with Crippen molar-refractivity contribution in [3.8, 4) is 0 Å². The van der Waals surface area contributed by atoms with Gasteiger partial charge in [-0.05, 0) is 12.5 Å². The highest BCUT2D eigenvalue weighted by Crippen LogP contribution is 2.14. The lowest BCUT2D eigenvalue weighted by Crippen LogP contribution is -2.35. The fourth-order valence-electron chi connectivity index (χ4n) is 2.23. The predicted octanol–water partition coefficient (Wildman–Crippen LogP) is 0.662. The van der Waals surface area contributed by atoms with Crippen LogP contribution >= 0.6 is 0 Å². The van der Waals surface area contributed by atoms with Gasteiger partial charge in [-0.15, -0.1) is 0 Å². The van der Waals surface area contributed by atoms with Crippen molar-refractivity contribution in [2.45, 2.75) is 25.8 Å². The van der Waals surface area contributed by atoms with Crippen molar-refractivity contribution in [1.29, 1.82) is 0 Å². The van der Waals surface area contributed by atoms with Gasteiger partial charge in [-0.3, -0.25) is 9.48 Å². The van der Waals surface area contributed by atoms with Gasteiger partial charge in [0.1, 0.15) is 5.69 Å². The van der Waals surface area contributed by atoms with E-state index in [1.54, 1.807) is 24.7 Å². The van der Waals surface area contributed by atoms with Crippen LogP contribution in [0.1, 0.15) is 41.3 Å². The van der Waals surface area contributed by atoms with Crippen molar-refractivity contribution >= 4 is 11.9 Å². The number of imidazole rings is 1. The first kappa shape index (κ1) is 15.7. The molecule has 1 amide bonds. The molecule has 0 aliphatic carbocycles. The number of nitrogens with zero attached hydrogens (tertiary/aromatic N) is 4. The summed E-state index contributed by atoms with van der Waals surface area (Å²) in [7, 11) is 3.34. The number of hydrogen-bond acceptors (Lipinski definition) is 4. The van der Waals surface area contributed by atoms with Crippen LogP contribution in [0.5, 0.6) is 0 Å². The quantitative estimate of drug-likeness (QED) is 0.816. The number of hydrogen-bond donors (Lipinski definition) is 2. The molecule has 118 valence electrons. The minimum Gasteiger partial charge on any atom is -0.479 e. The van der Waals surface area contributed by atoms with E-state index < -0.39 is 17.9 Å². The number of carboxylic acid groups (broad SMARTS) is 1. The third-order valence-electron chi connectivity index (χ3n) is 3.34. The zero-order valence-corrected chi connectivity index (χ0v) is 12.8. The molecule has 1 unspecified atom stereocenters. The molecule has 2 heterocycles. The van der Waals surface area contributed by atoms with E-state index in [0.29, 0.717) is 11.4 Å². The minimum absolute atomic E-state index is 0.330. The molecule has 22 heavy (non-hydrogen) atoms. The number of carbonyl (C=O) groups is 2. The molecule has 2 rings (SSSR count). The highest BCUT2D eigenvalue weighted by atomic mass is 16.4. The lowest BCUT2D eigenvalue weighted by Gasteiger charge is -2.14. The van der Waals surface area contributed by atoms with E-state index in [0.717, 1.165) is 18.5 Å². The van der Waals surface area contributed by atoms with Gasteiger partial charge in [-0.25, -0.2) is 9.78 Å². The monoisotopic (exact) mass is 305 g/mol. The van der Waals surface area contributed by atoms with Gasteiger partial charge in [0, 0.05) is 14.1 Å². The van der Waals surface area contributed by atoms with E-state index in [9.17, 15) is 14.7 Å². The fraction of sp³-hybridized carbons (Fsp3) is 0.429. The van der Waals surface area contributed by atoms with Crippen LogP contribution in [0.15, 0.2) is 18.6 Å². The molecule has 0 saturated heterocycles. The van der Waals surface area contributed by atoms with Crippen molar-refractivity contribution in [3.63, 3.8) is 0 Å². The maximum atomic E-state index is 12.3. The number of aromatic nitrogens is 4. The second-order valence-electron chi connectivity index (χ2n) is 5.07. The van der Waals surface area contributed by atoms with Gasteiger partial charge < -0.3 is 15.0 Å². The third kappa shape index (κ3) is 3.16. The van der Waals surface area contributed by atoms with Crippen molar-refractivity contribution < 1.29 is 14.7 Å². The molecule has 2 aromatic heterocycles. The van der Waals surface area contributed by atoms with Gasteiger partial charge in [0.25, 0.3) is 5.91 Å². The van der Waals surface area contributed by atoms with E-state index in [4.69, 9.17) is 0 Å². The number of carbonyl (C=O) groups excluding carboxylic acids is 1. The first-order valence-corrected chi connectivity index (χ1v) is 6.96. The Balaban J connectivity index is 2.22. The molecule has 8 heteroatoms. The summed E-state index contributed by atoms with van der Waals surface area (Å²) in [6, 6.07) is 0.519. The van der Waals surface area contributed by atoms with Crippen LogP contribution in [0.2, 0.25) is 0 Å². The average Bonchev–Trinajstić information content (AvgIpc) is 3.02. The van der Waals surface area contributed by atoms with Crippen molar-refractivity contribution in [1.82, 2.24) is 24.6 Å². The Bertz CT molecular complexity index is 688. The Labute approximate surface area is 127 Å². The van der Waals surface area contributed by atoms with Crippen LogP contribution in [-0.2, 0) is 25.3 Å². The summed E-state index contributed by atoms with van der Waals surface area (Å²) in [4.78, 5) is 27.7. The van der Waals surface area contributed by atoms with Crippen LogP contribution in [-0.4, -0.2) is 36.3 Å². The second kappa shape index (κ2) is 6.42. The standard InChI is InChI=1S/C14H19N5O3/c1-4-5-9-6-10(19(3)17-9)13(20)16-12(14(21)22)11-7-15-8-18(11)2/h6-8,12H,4-5H2,1-3H3,(H,16,20)(H,21,22). The molecular formula is C14H19N5O3. The Morgan fingerprint density at radius 2 is 2.14 bits per heavy atom. The summed E-state index contributed by atoms with van der Waals surface area (Å²) in [5.41, 5.74) is 1.54. The second-order valence-corrected chi connectivity index (χ2v) is 5.07. The highest BCUT2D eigenvalue weighted by Gasteiger charge is 2.26. The number of aryl methyl sites for hydroxylation is 3. The van der Waals surface area contributed by atoms with Crippen LogP contribution < -0.4 is 5.32 Å². The fourth-order valence-corrected chi connectivity index (χ4v) is 2.23. The number of amides is 1. The smallest absolute Gasteiger partial charge is 0.332 e. The molecule has 0 fully saturated rings. The molecule has 2 aromatic rings. The average molecular weight is 305 g/mol. The summed E-state index contributed by atoms with van der Waals surface area (Å²) >= 11 is 0. The highest BCUT2D eigenvalue weighted by molar-refractivity contribution is 5.95. The van der Waals surface area contributed by atoms with Gasteiger partial charge in [-0.2, -0.15) is 5.10 Å². The van der Waals surface area contributed by atoms with Gasteiger partial charge >= 0.3 is 5.97 Å². The van der Waals surface area contributed by atoms with Crippen LogP contribution in [0.4, 0.5) is 0 Å². The topological polar surface area (TPSA) is 102 Å². The van der Waals surface area contributed by atoms with Crippen LogP contribution in [0.3, 0.4) is 0 Å². The number of carboxylic acids is 1. The van der Waals surface area contributed by atoms with E-state index in [1.165, 1.54) is 17.2 Å². The van der Waals surface area contributed by atoms with E-state index >= 15 is 0 Å². The van der Waals surface area contributed by atoms with Gasteiger partial charge in [-0.1, -0.05) is 13.3 Å². The lowest BCUT2D eigenvalue weighted by atomic mass is 10.2. The van der Waals surface area contributed by atoms with Crippen molar-refractivity contribution in [2.24, 2.45) is 14.1 Å². The maximum Gasteiger partial charge on any atom is 0.332 e. The van der Waals surface area contributed by atoms with E-state index in [-0.39, 0.29) is 0 Å². The Morgan fingerprint density at radius 3 is 2.68 bits per heavy atom. The zero-order valence-electron chi connectivity index (χ0n) is 12.8. The van der Waals surface area contributed by atoms with Gasteiger partial charge in [0.05, 0.1) is 23.9 Å². The SMILES string of the molecule is CCCc1cc(C(=O)NC(C(=O)O)c2cncn2C)n(C)n1. The molecule has 0 bridgehead atoms. The Kier molecular flexibility index (Phi) is 4.59. The summed E-state index contributed by atoms with van der Waals surface area (Å²) in [6.45, 7) is 2.03. The first-order valence-electron chi connectivity index (χ1n) is 6.96.